The largest absolute Gasteiger partial charge is 0.166 e. The molecule has 0 radical (unpaired) electrons. The fourth-order valence-electron chi connectivity index (χ4n) is 0.743. The molecule has 2 atom stereocenters. The Balaban J connectivity index is 3.75. The Morgan fingerprint density at radius 1 is 1.36 bits per heavy atom. The number of rotatable bonds is 4. The second kappa shape index (κ2) is 5.84. The number of hydrogen-bond acceptors (Lipinski definition) is 0. The Labute approximate surface area is 77.0 Å². The van der Waals surface area contributed by atoms with Crippen LogP contribution >= 0.6 is 11.1 Å². The Kier molecular flexibility index (Phi) is 5.97. The zero-order chi connectivity index (χ0) is 8.85. The van der Waals surface area contributed by atoms with Crippen LogP contribution in [-0.2, 0) is 0 Å². The lowest BCUT2D eigenvalue weighted by Gasteiger charge is -2.09. The van der Waals surface area contributed by atoms with Gasteiger partial charge in [-0.15, -0.1) is 0 Å². The average molecular weight is 191 g/mol. The van der Waals surface area contributed by atoms with Crippen molar-refractivity contribution in [3.8, 4) is 0 Å². The van der Waals surface area contributed by atoms with Gasteiger partial charge in [-0.05, 0) is 11.5 Å². The summed E-state index contributed by atoms with van der Waals surface area (Å²) in [5.41, 5.74) is 2.98. The van der Waals surface area contributed by atoms with Gasteiger partial charge < -0.3 is 0 Å². The first-order valence-corrected chi connectivity index (χ1v) is 7.48. The monoisotopic (exact) mass is 190 g/mol. The predicted octanol–water partition coefficient (Wildman–Crippen LogP) is 3.50. The van der Waals surface area contributed by atoms with Crippen LogP contribution in [0.15, 0.2) is 11.8 Å². The third-order valence-corrected chi connectivity index (χ3v) is 5.74. The first kappa shape index (κ1) is 11.2. The highest BCUT2D eigenvalue weighted by Crippen LogP contribution is 2.17. The lowest BCUT2D eigenvalue weighted by Crippen LogP contribution is -2.07. The zero-order valence-corrected chi connectivity index (χ0v) is 9.88. The van der Waals surface area contributed by atoms with Crippen molar-refractivity contribution in [1.29, 1.82) is 0 Å². The van der Waals surface area contributed by atoms with E-state index in [9.17, 15) is 0 Å². The van der Waals surface area contributed by atoms with Gasteiger partial charge in [0.05, 0.1) is 0 Å². The smallest absolute Gasteiger partial charge is 0.166 e. The van der Waals surface area contributed by atoms with Gasteiger partial charge in [-0.25, -0.2) is 0 Å². The first-order chi connectivity index (χ1) is 5.07. The summed E-state index contributed by atoms with van der Waals surface area (Å²) in [6.45, 7) is 8.82. The Hall–Kier alpha value is 0.247. The number of halogens is 1. The van der Waals surface area contributed by atoms with Crippen molar-refractivity contribution in [2.45, 2.75) is 39.7 Å². The molecule has 0 aromatic carbocycles. The lowest BCUT2D eigenvalue weighted by molar-refractivity contribution is 0.830. The summed E-state index contributed by atoms with van der Waals surface area (Å²) in [5.74, 6) is 0.646. The quantitative estimate of drug-likeness (QED) is 0.470. The molecule has 0 saturated carbocycles. The van der Waals surface area contributed by atoms with Crippen molar-refractivity contribution in [2.75, 3.05) is 0 Å². The van der Waals surface area contributed by atoms with Crippen molar-refractivity contribution in [3.63, 3.8) is 0 Å². The minimum Gasteiger partial charge on any atom is -0.166 e. The van der Waals surface area contributed by atoms with Crippen LogP contribution in [0.2, 0.25) is 5.54 Å². The summed E-state index contributed by atoms with van der Waals surface area (Å²) < 4.78 is 0. The van der Waals surface area contributed by atoms with Crippen LogP contribution in [0.4, 0.5) is 0 Å². The van der Waals surface area contributed by atoms with Gasteiger partial charge in [-0.1, -0.05) is 45.9 Å². The minimum atomic E-state index is -1.06. The molecule has 2 unspecified atom stereocenters. The molecule has 0 heterocycles. The van der Waals surface area contributed by atoms with Crippen LogP contribution in [0.5, 0.6) is 0 Å². The fraction of sp³-hybridized carbons (Fsp3) is 0.778. The third-order valence-electron chi connectivity index (χ3n) is 1.87. The van der Waals surface area contributed by atoms with Gasteiger partial charge in [0.1, 0.15) is 0 Å². The van der Waals surface area contributed by atoms with Crippen LogP contribution in [0.1, 0.15) is 34.1 Å². The topological polar surface area (TPSA) is 0 Å². The normalized spacial score (nSPS) is 17.6. The van der Waals surface area contributed by atoms with E-state index in [1.807, 2.05) is 0 Å². The Morgan fingerprint density at radius 2 is 1.91 bits per heavy atom. The summed E-state index contributed by atoms with van der Waals surface area (Å²) in [6.07, 6.45) is 3.44. The van der Waals surface area contributed by atoms with E-state index in [1.165, 1.54) is 6.42 Å². The zero-order valence-electron chi connectivity index (χ0n) is 7.97. The molecule has 0 fully saturated rings. The molecule has 0 saturated heterocycles. The highest BCUT2D eigenvalue weighted by Gasteiger charge is 2.10. The predicted molar refractivity (Wildman–Crippen MR) is 56.7 cm³/mol. The molecule has 0 aliphatic heterocycles. The summed E-state index contributed by atoms with van der Waals surface area (Å²) in [5, 5.41) is 0. The van der Waals surface area contributed by atoms with Gasteiger partial charge in [0.15, 0.2) is 8.11 Å². The van der Waals surface area contributed by atoms with E-state index in [-0.39, 0.29) is 0 Å². The second-order valence-electron chi connectivity index (χ2n) is 3.46. The van der Waals surface area contributed by atoms with Gasteiger partial charge in [0, 0.05) is 0 Å². The van der Waals surface area contributed by atoms with Crippen LogP contribution in [0.3, 0.4) is 0 Å². The molecule has 0 aromatic rings. The molecule has 11 heavy (non-hydrogen) atoms. The fourth-order valence-corrected chi connectivity index (χ4v) is 3.02. The van der Waals surface area contributed by atoms with Crippen molar-refractivity contribution in [1.82, 2.24) is 0 Å². The molecular formula is C9H19ClSi. The number of allylic oxidation sites excluding steroid dienone is 1. The van der Waals surface area contributed by atoms with Crippen LogP contribution in [-0.4, -0.2) is 8.11 Å². The summed E-state index contributed by atoms with van der Waals surface area (Å²) in [7, 11) is -1.06. The Morgan fingerprint density at radius 3 is 2.27 bits per heavy atom. The van der Waals surface area contributed by atoms with Gasteiger partial charge in [-0.2, -0.15) is 11.1 Å². The highest BCUT2D eigenvalue weighted by atomic mass is 35.6. The van der Waals surface area contributed by atoms with E-state index in [2.05, 4.69) is 39.5 Å². The first-order valence-electron chi connectivity index (χ1n) is 4.40. The highest BCUT2D eigenvalue weighted by molar-refractivity contribution is 7.10. The third kappa shape index (κ3) is 5.51. The summed E-state index contributed by atoms with van der Waals surface area (Å²) >= 11 is 6.23. The minimum absolute atomic E-state index is 0.646. The SMILES string of the molecule is CCC(C)[SiH](Cl)C=CC(C)C. The van der Waals surface area contributed by atoms with E-state index in [0.717, 1.165) is 5.54 Å². The summed E-state index contributed by atoms with van der Waals surface area (Å²) in [6, 6.07) is 0. The maximum atomic E-state index is 6.23. The van der Waals surface area contributed by atoms with E-state index < -0.39 is 8.11 Å². The molecule has 0 aromatic heterocycles. The molecule has 0 N–H and O–H groups in total. The molecule has 0 bridgehead atoms. The van der Waals surface area contributed by atoms with Crippen LogP contribution in [0, 0.1) is 5.92 Å². The molecule has 0 nitrogen and oxygen atoms in total. The molecular weight excluding hydrogens is 172 g/mol. The van der Waals surface area contributed by atoms with Gasteiger partial charge >= 0.3 is 0 Å². The molecule has 0 spiro atoms. The van der Waals surface area contributed by atoms with Crippen molar-refractivity contribution >= 4 is 19.2 Å². The van der Waals surface area contributed by atoms with Crippen molar-refractivity contribution in [3.05, 3.63) is 11.8 Å². The molecule has 66 valence electrons. The Bertz CT molecular complexity index is 121. The van der Waals surface area contributed by atoms with Crippen LogP contribution < -0.4 is 0 Å². The van der Waals surface area contributed by atoms with E-state index >= 15 is 0 Å². The van der Waals surface area contributed by atoms with E-state index in [1.54, 1.807) is 0 Å². The molecule has 0 amide bonds. The molecule has 2 heteroatoms. The van der Waals surface area contributed by atoms with E-state index in [4.69, 9.17) is 11.1 Å². The molecule has 0 rings (SSSR count). The van der Waals surface area contributed by atoms with Gasteiger partial charge in [0.2, 0.25) is 0 Å². The maximum Gasteiger partial charge on any atom is 0.166 e. The summed E-state index contributed by atoms with van der Waals surface area (Å²) in [4.78, 5) is 0. The molecule has 0 aliphatic rings. The van der Waals surface area contributed by atoms with Gasteiger partial charge in [-0.3, -0.25) is 0 Å². The van der Waals surface area contributed by atoms with Crippen molar-refractivity contribution in [2.24, 2.45) is 5.92 Å². The van der Waals surface area contributed by atoms with E-state index in [0.29, 0.717) is 5.92 Å². The average Bonchev–Trinajstić information content (AvgIpc) is 1.98. The standard InChI is InChI=1S/C9H19ClSi/c1-5-9(4)11(10)7-6-8(2)3/h6-9,11H,5H2,1-4H3. The van der Waals surface area contributed by atoms with Crippen LogP contribution in [0.25, 0.3) is 0 Å². The maximum absolute atomic E-state index is 6.23. The number of hydrogen-bond donors (Lipinski definition) is 0. The van der Waals surface area contributed by atoms with Crippen molar-refractivity contribution < 1.29 is 0 Å². The lowest BCUT2D eigenvalue weighted by atomic mass is 10.2. The molecule has 0 aliphatic carbocycles. The van der Waals surface area contributed by atoms with Gasteiger partial charge in [0.25, 0.3) is 0 Å². The second-order valence-corrected chi connectivity index (χ2v) is 7.38.